The van der Waals surface area contributed by atoms with E-state index in [0.717, 1.165) is 5.47 Å². The van der Waals surface area contributed by atoms with Gasteiger partial charge in [-0.05, 0) is 88.1 Å². The maximum atomic E-state index is 12.9. The van der Waals surface area contributed by atoms with Gasteiger partial charge in [0.1, 0.15) is 5.60 Å². The van der Waals surface area contributed by atoms with Gasteiger partial charge in [0.2, 0.25) is 0 Å². The van der Waals surface area contributed by atoms with Crippen LogP contribution in [-0.2, 0) is 14.0 Å². The third-order valence-electron chi connectivity index (χ3n) is 5.49. The van der Waals surface area contributed by atoms with E-state index >= 15 is 0 Å². The van der Waals surface area contributed by atoms with Crippen LogP contribution in [0.3, 0.4) is 0 Å². The van der Waals surface area contributed by atoms with Gasteiger partial charge in [-0.3, -0.25) is 4.90 Å². The van der Waals surface area contributed by atoms with E-state index in [4.69, 9.17) is 14.0 Å². The molecule has 0 aromatic rings. The minimum atomic E-state index is -0.529. The van der Waals surface area contributed by atoms with E-state index in [9.17, 15) is 4.79 Å². The van der Waals surface area contributed by atoms with Crippen molar-refractivity contribution < 1.29 is 18.8 Å². The molecule has 0 unspecified atom stereocenters. The Hall–Kier alpha value is -1.01. The number of carbonyl (C=O) groups is 1. The van der Waals surface area contributed by atoms with Crippen LogP contribution in [0.1, 0.15) is 82.6 Å². The van der Waals surface area contributed by atoms with Crippen LogP contribution < -0.4 is 0 Å². The SMILES string of the molecule is CC(C)(C)OC(=O)N1C(C)(C)C=C(B2OC(C)(C)C(C)(C)O2)CC1(C)C. The summed E-state index contributed by atoms with van der Waals surface area (Å²) in [5, 5.41) is 0. The van der Waals surface area contributed by atoms with E-state index in [1.807, 2.05) is 39.5 Å². The third-order valence-corrected chi connectivity index (χ3v) is 5.49. The van der Waals surface area contributed by atoms with Gasteiger partial charge >= 0.3 is 13.2 Å². The molecule has 26 heavy (non-hydrogen) atoms. The van der Waals surface area contributed by atoms with Crippen molar-refractivity contribution in [1.82, 2.24) is 4.90 Å². The first-order chi connectivity index (χ1) is 11.4. The van der Waals surface area contributed by atoms with E-state index in [0.29, 0.717) is 6.42 Å². The summed E-state index contributed by atoms with van der Waals surface area (Å²) in [5.41, 5.74) is -1.13. The van der Waals surface area contributed by atoms with Crippen molar-refractivity contribution >= 4 is 13.2 Å². The molecule has 1 saturated heterocycles. The Labute approximate surface area is 159 Å². The van der Waals surface area contributed by atoms with E-state index in [2.05, 4.69) is 47.6 Å². The lowest BCUT2D eigenvalue weighted by molar-refractivity contribution is -0.0238. The van der Waals surface area contributed by atoms with Gasteiger partial charge in [0, 0.05) is 5.54 Å². The number of rotatable bonds is 1. The summed E-state index contributed by atoms with van der Waals surface area (Å²) >= 11 is 0. The molecule has 1 fully saturated rings. The fraction of sp³-hybridized carbons (Fsp3) is 0.850. The average Bonchev–Trinajstić information content (AvgIpc) is 2.52. The summed E-state index contributed by atoms with van der Waals surface area (Å²) in [6.07, 6.45) is 2.48. The fourth-order valence-electron chi connectivity index (χ4n) is 3.86. The normalized spacial score (nSPS) is 26.5. The first kappa shape index (κ1) is 21.3. The maximum Gasteiger partial charge on any atom is 0.490 e. The van der Waals surface area contributed by atoms with Crippen LogP contribution >= 0.6 is 0 Å². The molecule has 0 aromatic carbocycles. The molecule has 0 bridgehead atoms. The second kappa shape index (κ2) is 6.00. The molecule has 2 aliphatic rings. The Bertz CT molecular complexity index is 598. The predicted octanol–water partition coefficient (Wildman–Crippen LogP) is 4.74. The summed E-state index contributed by atoms with van der Waals surface area (Å²) in [6, 6.07) is 0. The number of carbonyl (C=O) groups excluding carboxylic acids is 1. The number of amides is 1. The van der Waals surface area contributed by atoms with Crippen molar-refractivity contribution in [1.29, 1.82) is 0 Å². The molecule has 6 heteroatoms. The second-order valence-corrected chi connectivity index (χ2v) is 10.8. The highest BCUT2D eigenvalue weighted by Gasteiger charge is 2.55. The lowest BCUT2D eigenvalue weighted by Gasteiger charge is -2.51. The minimum absolute atomic E-state index is 0.295. The zero-order valence-electron chi connectivity index (χ0n) is 18.4. The smallest absolute Gasteiger partial charge is 0.444 e. The lowest BCUT2D eigenvalue weighted by atomic mass is 9.66. The molecule has 0 aromatic heterocycles. The minimum Gasteiger partial charge on any atom is -0.444 e. The van der Waals surface area contributed by atoms with Crippen molar-refractivity contribution in [3.63, 3.8) is 0 Å². The van der Waals surface area contributed by atoms with Gasteiger partial charge in [-0.15, -0.1) is 0 Å². The first-order valence-corrected chi connectivity index (χ1v) is 9.49. The van der Waals surface area contributed by atoms with E-state index in [1.165, 1.54) is 0 Å². The molecule has 2 rings (SSSR count). The number of hydrogen-bond acceptors (Lipinski definition) is 4. The molecule has 0 aliphatic carbocycles. The number of hydrogen-bond donors (Lipinski definition) is 0. The Balaban J connectivity index is 2.34. The summed E-state index contributed by atoms with van der Waals surface area (Å²) < 4.78 is 18.2. The summed E-state index contributed by atoms with van der Waals surface area (Å²) in [6.45, 7) is 22.1. The maximum absolute atomic E-state index is 12.9. The monoisotopic (exact) mass is 365 g/mol. The van der Waals surface area contributed by atoms with Gasteiger partial charge in [-0.2, -0.15) is 0 Å². The highest BCUT2D eigenvalue weighted by molar-refractivity contribution is 6.54. The fourth-order valence-corrected chi connectivity index (χ4v) is 3.86. The van der Waals surface area contributed by atoms with Gasteiger partial charge in [-0.25, -0.2) is 4.79 Å². The van der Waals surface area contributed by atoms with E-state index in [-0.39, 0.29) is 24.4 Å². The molecule has 0 spiro atoms. The van der Waals surface area contributed by atoms with Crippen molar-refractivity contribution in [3.8, 4) is 0 Å². The first-order valence-electron chi connectivity index (χ1n) is 9.49. The average molecular weight is 365 g/mol. The lowest BCUT2D eigenvalue weighted by Crippen LogP contribution is -2.61. The largest absolute Gasteiger partial charge is 0.490 e. The van der Waals surface area contributed by atoms with Crippen LogP contribution in [0, 0.1) is 0 Å². The van der Waals surface area contributed by atoms with E-state index in [1.54, 1.807) is 0 Å². The summed E-state index contributed by atoms with van der Waals surface area (Å²) in [4.78, 5) is 14.7. The molecule has 5 nitrogen and oxygen atoms in total. The number of ether oxygens (including phenoxy) is 1. The molecule has 2 heterocycles. The van der Waals surface area contributed by atoms with Gasteiger partial charge in [-0.1, -0.05) is 6.08 Å². The topological polar surface area (TPSA) is 48.0 Å². The van der Waals surface area contributed by atoms with E-state index < -0.39 is 16.7 Å². The van der Waals surface area contributed by atoms with Crippen molar-refractivity contribution in [2.45, 2.75) is 110 Å². The zero-order chi connectivity index (χ0) is 20.3. The quantitative estimate of drug-likeness (QED) is 0.630. The molecule has 0 N–H and O–H groups in total. The highest BCUT2D eigenvalue weighted by Crippen LogP contribution is 2.44. The molecule has 2 aliphatic heterocycles. The summed E-state index contributed by atoms with van der Waals surface area (Å²) in [7, 11) is -0.390. The van der Waals surface area contributed by atoms with Crippen LogP contribution in [-0.4, -0.2) is 46.0 Å². The highest BCUT2D eigenvalue weighted by atomic mass is 16.7. The standard InChI is InChI=1S/C20H36BNO4/c1-16(2,3)24-15(23)22-17(4,5)12-14(13-18(22,6)7)21-25-19(8,9)20(10,11)26-21/h12H,13H2,1-11H3. The van der Waals surface area contributed by atoms with Gasteiger partial charge in [0.15, 0.2) is 0 Å². The Morgan fingerprint density at radius 1 is 1.04 bits per heavy atom. The predicted molar refractivity (Wildman–Crippen MR) is 105 cm³/mol. The third kappa shape index (κ3) is 3.96. The van der Waals surface area contributed by atoms with Gasteiger partial charge in [0.05, 0.1) is 16.7 Å². The Morgan fingerprint density at radius 2 is 1.50 bits per heavy atom. The van der Waals surface area contributed by atoms with Crippen molar-refractivity contribution in [3.05, 3.63) is 11.5 Å². The Morgan fingerprint density at radius 3 is 1.88 bits per heavy atom. The summed E-state index contributed by atoms with van der Waals surface area (Å²) in [5.74, 6) is 0. The van der Waals surface area contributed by atoms with Crippen LogP contribution in [0.15, 0.2) is 11.5 Å². The molecule has 0 atom stereocenters. The molecule has 0 radical (unpaired) electrons. The van der Waals surface area contributed by atoms with Crippen LogP contribution in [0.2, 0.25) is 0 Å². The zero-order valence-corrected chi connectivity index (χ0v) is 18.4. The Kier molecular flexibility index (Phi) is 4.91. The molecular weight excluding hydrogens is 329 g/mol. The van der Waals surface area contributed by atoms with Crippen LogP contribution in [0.5, 0.6) is 0 Å². The molecular formula is C20H36BNO4. The molecule has 0 saturated carbocycles. The van der Waals surface area contributed by atoms with Gasteiger partial charge in [0.25, 0.3) is 0 Å². The number of nitrogens with zero attached hydrogens (tertiary/aromatic N) is 1. The van der Waals surface area contributed by atoms with Crippen molar-refractivity contribution in [2.24, 2.45) is 0 Å². The second-order valence-electron chi connectivity index (χ2n) is 10.8. The van der Waals surface area contributed by atoms with Crippen LogP contribution in [0.4, 0.5) is 4.79 Å². The molecule has 148 valence electrons. The van der Waals surface area contributed by atoms with Gasteiger partial charge < -0.3 is 14.0 Å². The van der Waals surface area contributed by atoms with Crippen LogP contribution in [0.25, 0.3) is 0 Å². The molecule has 1 amide bonds. The van der Waals surface area contributed by atoms with Crippen molar-refractivity contribution in [2.75, 3.05) is 0 Å².